The van der Waals surface area contributed by atoms with Gasteiger partial charge in [-0.15, -0.1) is 0 Å². The van der Waals surface area contributed by atoms with Crippen LogP contribution in [0.3, 0.4) is 0 Å². The molecule has 0 saturated heterocycles. The molecule has 1 aromatic heterocycles. The van der Waals surface area contributed by atoms with Crippen molar-refractivity contribution in [2.45, 2.75) is 38.5 Å². The minimum atomic E-state index is 0.137. The van der Waals surface area contributed by atoms with Crippen molar-refractivity contribution in [3.05, 3.63) is 29.9 Å². The Balaban J connectivity index is 1.65. The predicted molar refractivity (Wildman–Crippen MR) is 66.5 cm³/mol. The highest BCUT2D eigenvalue weighted by molar-refractivity contribution is 5.78. The summed E-state index contributed by atoms with van der Waals surface area (Å²) < 4.78 is 0. The fourth-order valence-electron chi connectivity index (χ4n) is 2.09. The van der Waals surface area contributed by atoms with Gasteiger partial charge in [-0.1, -0.05) is 11.6 Å². The number of imidazole rings is 1. The van der Waals surface area contributed by atoms with Crippen LogP contribution in [0.25, 0.3) is 0 Å². The van der Waals surface area contributed by atoms with Gasteiger partial charge in [0.05, 0.1) is 6.33 Å². The first-order valence-electron chi connectivity index (χ1n) is 6.26. The number of allylic oxidation sites excluding steroid dienone is 1. The van der Waals surface area contributed by atoms with E-state index in [1.807, 2.05) is 0 Å². The van der Waals surface area contributed by atoms with Gasteiger partial charge in [0.2, 0.25) is 5.91 Å². The summed E-state index contributed by atoms with van der Waals surface area (Å²) in [6, 6.07) is 0. The number of carbonyl (C=O) groups is 1. The van der Waals surface area contributed by atoms with Crippen LogP contribution in [0.2, 0.25) is 0 Å². The lowest BCUT2D eigenvalue weighted by Gasteiger charge is -2.12. The van der Waals surface area contributed by atoms with Crippen molar-refractivity contribution in [1.82, 2.24) is 15.3 Å². The maximum absolute atomic E-state index is 11.7. The molecule has 0 aliphatic heterocycles. The minimum absolute atomic E-state index is 0.137. The monoisotopic (exact) mass is 233 g/mol. The van der Waals surface area contributed by atoms with E-state index in [1.165, 1.54) is 18.4 Å². The molecule has 17 heavy (non-hydrogen) atoms. The zero-order chi connectivity index (χ0) is 11.9. The highest BCUT2D eigenvalue weighted by Gasteiger charge is 2.08. The lowest BCUT2D eigenvalue weighted by atomic mass is 9.97. The SMILES string of the molecule is O=C(CC1=CCCCC1)NCCc1cnc[nH]1. The fraction of sp³-hybridized carbons (Fsp3) is 0.538. The molecule has 4 nitrogen and oxygen atoms in total. The van der Waals surface area contributed by atoms with Gasteiger partial charge in [-0.2, -0.15) is 0 Å². The number of H-pyrrole nitrogens is 1. The normalized spacial score (nSPS) is 15.4. The van der Waals surface area contributed by atoms with Gasteiger partial charge < -0.3 is 10.3 Å². The molecule has 0 unspecified atom stereocenters. The van der Waals surface area contributed by atoms with Gasteiger partial charge >= 0.3 is 0 Å². The Bertz CT molecular complexity index is 381. The van der Waals surface area contributed by atoms with Crippen LogP contribution < -0.4 is 5.32 Å². The Kier molecular flexibility index (Phi) is 4.36. The largest absolute Gasteiger partial charge is 0.355 e. The van der Waals surface area contributed by atoms with E-state index in [9.17, 15) is 4.79 Å². The lowest BCUT2D eigenvalue weighted by Crippen LogP contribution is -2.26. The fourth-order valence-corrected chi connectivity index (χ4v) is 2.09. The molecule has 0 atom stereocenters. The number of rotatable bonds is 5. The molecule has 2 rings (SSSR count). The van der Waals surface area contributed by atoms with Crippen molar-refractivity contribution in [3.8, 4) is 0 Å². The van der Waals surface area contributed by atoms with E-state index in [0.717, 1.165) is 25.0 Å². The van der Waals surface area contributed by atoms with Crippen molar-refractivity contribution < 1.29 is 4.79 Å². The van der Waals surface area contributed by atoms with E-state index >= 15 is 0 Å². The van der Waals surface area contributed by atoms with E-state index in [0.29, 0.717) is 13.0 Å². The van der Waals surface area contributed by atoms with Gasteiger partial charge in [0.15, 0.2) is 0 Å². The molecule has 92 valence electrons. The van der Waals surface area contributed by atoms with Crippen LogP contribution in [0, 0.1) is 0 Å². The standard InChI is InChI=1S/C13H19N3O/c17-13(8-11-4-2-1-3-5-11)15-7-6-12-9-14-10-16-12/h4,9-10H,1-3,5-8H2,(H,14,16)(H,15,17). The Morgan fingerprint density at radius 3 is 3.12 bits per heavy atom. The first-order chi connectivity index (χ1) is 8.34. The quantitative estimate of drug-likeness (QED) is 0.764. The number of nitrogens with zero attached hydrogens (tertiary/aromatic N) is 1. The van der Waals surface area contributed by atoms with Crippen LogP contribution in [-0.2, 0) is 11.2 Å². The summed E-state index contributed by atoms with van der Waals surface area (Å²) >= 11 is 0. The highest BCUT2D eigenvalue weighted by atomic mass is 16.1. The summed E-state index contributed by atoms with van der Waals surface area (Å²) in [5.41, 5.74) is 2.36. The lowest BCUT2D eigenvalue weighted by molar-refractivity contribution is -0.120. The van der Waals surface area contributed by atoms with Gasteiger partial charge in [0, 0.05) is 31.3 Å². The third kappa shape index (κ3) is 4.06. The molecule has 4 heteroatoms. The number of hydrogen-bond donors (Lipinski definition) is 2. The Morgan fingerprint density at radius 2 is 2.41 bits per heavy atom. The van der Waals surface area contributed by atoms with Crippen LogP contribution in [0.1, 0.15) is 37.8 Å². The second-order valence-corrected chi connectivity index (χ2v) is 4.46. The number of aromatic amines is 1. The summed E-state index contributed by atoms with van der Waals surface area (Å²) in [6.45, 7) is 0.675. The van der Waals surface area contributed by atoms with Gasteiger partial charge in [-0.25, -0.2) is 4.98 Å². The molecule has 2 N–H and O–H groups in total. The summed E-state index contributed by atoms with van der Waals surface area (Å²) in [4.78, 5) is 18.6. The van der Waals surface area contributed by atoms with E-state index in [2.05, 4.69) is 21.4 Å². The van der Waals surface area contributed by atoms with Crippen LogP contribution in [-0.4, -0.2) is 22.4 Å². The Hall–Kier alpha value is -1.58. The molecule has 0 saturated carbocycles. The average molecular weight is 233 g/mol. The van der Waals surface area contributed by atoms with Gasteiger partial charge in [0.25, 0.3) is 0 Å². The number of hydrogen-bond acceptors (Lipinski definition) is 2. The maximum Gasteiger partial charge on any atom is 0.224 e. The summed E-state index contributed by atoms with van der Waals surface area (Å²) in [6.07, 6.45) is 11.8. The van der Waals surface area contributed by atoms with Crippen LogP contribution in [0.15, 0.2) is 24.2 Å². The summed E-state index contributed by atoms with van der Waals surface area (Å²) in [5.74, 6) is 0.137. The third-order valence-corrected chi connectivity index (χ3v) is 3.04. The molecule has 1 aliphatic rings. The zero-order valence-electron chi connectivity index (χ0n) is 10.0. The zero-order valence-corrected chi connectivity index (χ0v) is 10.0. The maximum atomic E-state index is 11.7. The van der Waals surface area contributed by atoms with Crippen molar-refractivity contribution in [3.63, 3.8) is 0 Å². The van der Waals surface area contributed by atoms with Crippen LogP contribution >= 0.6 is 0 Å². The number of nitrogens with one attached hydrogen (secondary N) is 2. The molecule has 1 aromatic rings. The van der Waals surface area contributed by atoms with Crippen molar-refractivity contribution in [2.24, 2.45) is 0 Å². The molecule has 0 radical (unpaired) electrons. The van der Waals surface area contributed by atoms with E-state index in [4.69, 9.17) is 0 Å². The molecule has 0 spiro atoms. The molecule has 1 aliphatic carbocycles. The first kappa shape index (κ1) is 11.9. The first-order valence-corrected chi connectivity index (χ1v) is 6.26. The summed E-state index contributed by atoms with van der Waals surface area (Å²) in [5, 5.41) is 2.94. The van der Waals surface area contributed by atoms with Crippen LogP contribution in [0.5, 0.6) is 0 Å². The van der Waals surface area contributed by atoms with E-state index in [-0.39, 0.29) is 5.91 Å². The van der Waals surface area contributed by atoms with Crippen molar-refractivity contribution in [2.75, 3.05) is 6.54 Å². The predicted octanol–water partition coefficient (Wildman–Crippen LogP) is 1.96. The second kappa shape index (κ2) is 6.23. The van der Waals surface area contributed by atoms with Crippen molar-refractivity contribution in [1.29, 1.82) is 0 Å². The Morgan fingerprint density at radius 1 is 1.47 bits per heavy atom. The molecule has 1 amide bonds. The van der Waals surface area contributed by atoms with E-state index in [1.54, 1.807) is 12.5 Å². The van der Waals surface area contributed by atoms with Gasteiger partial charge in [0.1, 0.15) is 0 Å². The van der Waals surface area contributed by atoms with E-state index < -0.39 is 0 Å². The minimum Gasteiger partial charge on any atom is -0.355 e. The molecule has 0 fully saturated rings. The molecule has 0 aromatic carbocycles. The van der Waals surface area contributed by atoms with Gasteiger partial charge in [-0.05, 0) is 25.7 Å². The summed E-state index contributed by atoms with van der Waals surface area (Å²) in [7, 11) is 0. The number of amides is 1. The Labute approximate surface area is 102 Å². The molecule has 1 heterocycles. The van der Waals surface area contributed by atoms with Crippen LogP contribution in [0.4, 0.5) is 0 Å². The van der Waals surface area contributed by atoms with Gasteiger partial charge in [-0.3, -0.25) is 4.79 Å². The second-order valence-electron chi connectivity index (χ2n) is 4.46. The number of aromatic nitrogens is 2. The van der Waals surface area contributed by atoms with Crippen molar-refractivity contribution >= 4 is 5.91 Å². The third-order valence-electron chi connectivity index (χ3n) is 3.04. The smallest absolute Gasteiger partial charge is 0.224 e. The highest BCUT2D eigenvalue weighted by Crippen LogP contribution is 2.19. The molecule has 0 bridgehead atoms. The molecular weight excluding hydrogens is 214 g/mol. The average Bonchev–Trinajstić information content (AvgIpc) is 2.83. The molecular formula is C13H19N3O. The number of carbonyl (C=O) groups excluding carboxylic acids is 1. The topological polar surface area (TPSA) is 57.8 Å².